The molecular formula is C23H23Br2N3O5. The molecule has 8 nitrogen and oxygen atoms in total. The summed E-state index contributed by atoms with van der Waals surface area (Å²) in [6.45, 7) is 5.45. The quantitative estimate of drug-likeness (QED) is 0.292. The third kappa shape index (κ3) is 5.44. The summed E-state index contributed by atoms with van der Waals surface area (Å²) in [5, 5.41) is 4.89. The van der Waals surface area contributed by atoms with Crippen LogP contribution in [0.3, 0.4) is 0 Å². The molecule has 0 bridgehead atoms. The van der Waals surface area contributed by atoms with Gasteiger partial charge in [-0.25, -0.2) is 9.78 Å². The molecule has 3 rings (SSSR count). The maximum Gasteiger partial charge on any atom is 0.346 e. The highest BCUT2D eigenvalue weighted by molar-refractivity contribution is 9.10. The highest BCUT2D eigenvalue weighted by Gasteiger charge is 2.21. The number of benzene rings is 2. The van der Waals surface area contributed by atoms with E-state index in [9.17, 15) is 9.59 Å². The Bertz CT molecular complexity index is 1290. The summed E-state index contributed by atoms with van der Waals surface area (Å²) in [4.78, 5) is 29.8. The molecule has 1 heterocycles. The number of hydrogen-bond acceptors (Lipinski definition) is 7. The number of carbonyl (C=O) groups is 1. The van der Waals surface area contributed by atoms with E-state index in [2.05, 4.69) is 41.9 Å². The van der Waals surface area contributed by atoms with Gasteiger partial charge in [-0.15, -0.1) is 0 Å². The summed E-state index contributed by atoms with van der Waals surface area (Å²) in [6.07, 6.45) is 0.594. The zero-order chi connectivity index (χ0) is 24.3. The molecule has 1 aromatic heterocycles. The summed E-state index contributed by atoms with van der Waals surface area (Å²) < 4.78 is 18.8. The number of aromatic nitrogens is 2. The average Bonchev–Trinajstić information content (AvgIpc) is 2.78. The van der Waals surface area contributed by atoms with Gasteiger partial charge in [-0.2, -0.15) is 9.78 Å². The van der Waals surface area contributed by atoms with Crippen LogP contribution in [0.5, 0.6) is 11.5 Å². The number of nitrogens with zero attached hydrogens (tertiary/aromatic N) is 3. The predicted octanol–water partition coefficient (Wildman–Crippen LogP) is 4.88. The number of carbonyl (C=O) groups excluding carboxylic acids is 1. The fraction of sp³-hybridized carbons (Fsp3) is 0.304. The van der Waals surface area contributed by atoms with E-state index in [0.29, 0.717) is 32.5 Å². The Hall–Kier alpha value is -2.72. The number of esters is 1. The lowest BCUT2D eigenvalue weighted by Crippen LogP contribution is -2.26. The fourth-order valence-corrected chi connectivity index (χ4v) is 3.94. The molecule has 1 atom stereocenters. The van der Waals surface area contributed by atoms with Crippen LogP contribution < -0.4 is 15.0 Å². The van der Waals surface area contributed by atoms with Gasteiger partial charge in [0.05, 0.1) is 31.3 Å². The molecule has 0 aliphatic rings. The molecule has 0 aliphatic carbocycles. The van der Waals surface area contributed by atoms with Crippen molar-refractivity contribution in [3.63, 3.8) is 0 Å². The molecule has 174 valence electrons. The van der Waals surface area contributed by atoms with Crippen molar-refractivity contribution in [3.05, 3.63) is 61.0 Å². The van der Waals surface area contributed by atoms with E-state index in [1.54, 1.807) is 31.2 Å². The number of ether oxygens (including phenoxy) is 3. The largest absolute Gasteiger partial charge is 0.493 e. The Labute approximate surface area is 207 Å². The van der Waals surface area contributed by atoms with E-state index in [1.807, 2.05) is 19.9 Å². The van der Waals surface area contributed by atoms with Gasteiger partial charge in [0.1, 0.15) is 5.82 Å². The molecular weight excluding hydrogens is 558 g/mol. The number of rotatable bonds is 7. The first kappa shape index (κ1) is 24.9. The molecule has 3 aromatic rings. The van der Waals surface area contributed by atoms with Crippen molar-refractivity contribution in [1.29, 1.82) is 0 Å². The fourth-order valence-electron chi connectivity index (χ4n) is 3.12. The SMILES string of the molecule is COC(=O)[C@@H](C)Oc1c(C=Nn2c(C(C)C)nc3ccc(Br)cc3c2=O)cc(Br)cc1OC. The third-order valence-electron chi connectivity index (χ3n) is 4.76. The van der Waals surface area contributed by atoms with Gasteiger partial charge in [-0.05, 0) is 37.3 Å². The summed E-state index contributed by atoms with van der Waals surface area (Å²) in [5.74, 6) is 0.593. The number of halogens is 2. The predicted molar refractivity (Wildman–Crippen MR) is 134 cm³/mol. The topological polar surface area (TPSA) is 92.0 Å². The van der Waals surface area contributed by atoms with Gasteiger partial charge in [0, 0.05) is 20.4 Å². The molecule has 2 aromatic carbocycles. The second-order valence-corrected chi connectivity index (χ2v) is 9.29. The zero-order valence-electron chi connectivity index (χ0n) is 18.8. The minimum atomic E-state index is -0.883. The molecule has 10 heteroatoms. The first-order chi connectivity index (χ1) is 15.7. The van der Waals surface area contributed by atoms with Crippen LogP contribution in [-0.4, -0.2) is 42.2 Å². The maximum atomic E-state index is 13.3. The van der Waals surface area contributed by atoms with Gasteiger partial charge in [0.15, 0.2) is 17.6 Å². The van der Waals surface area contributed by atoms with Crippen molar-refractivity contribution in [1.82, 2.24) is 9.66 Å². The van der Waals surface area contributed by atoms with Crippen LogP contribution in [0, 0.1) is 0 Å². The lowest BCUT2D eigenvalue weighted by molar-refractivity contribution is -0.147. The molecule has 0 spiro atoms. The van der Waals surface area contributed by atoms with Crippen LogP contribution in [-0.2, 0) is 9.53 Å². The maximum absolute atomic E-state index is 13.3. The lowest BCUT2D eigenvalue weighted by Gasteiger charge is -2.18. The van der Waals surface area contributed by atoms with Crippen LogP contribution >= 0.6 is 31.9 Å². The van der Waals surface area contributed by atoms with Crippen molar-refractivity contribution in [2.45, 2.75) is 32.8 Å². The second kappa shape index (κ2) is 10.5. The van der Waals surface area contributed by atoms with Gasteiger partial charge < -0.3 is 14.2 Å². The van der Waals surface area contributed by atoms with Crippen molar-refractivity contribution in [3.8, 4) is 11.5 Å². The van der Waals surface area contributed by atoms with Gasteiger partial charge in [0.25, 0.3) is 5.56 Å². The summed E-state index contributed by atoms with van der Waals surface area (Å²) in [5.41, 5.74) is 0.792. The Kier molecular flexibility index (Phi) is 7.91. The monoisotopic (exact) mass is 579 g/mol. The van der Waals surface area contributed by atoms with Crippen LogP contribution in [0.4, 0.5) is 0 Å². The summed E-state index contributed by atoms with van der Waals surface area (Å²) in [6, 6.07) is 8.80. The van der Waals surface area contributed by atoms with Crippen LogP contribution in [0.2, 0.25) is 0 Å². The number of methoxy groups -OCH3 is 2. The van der Waals surface area contributed by atoms with E-state index >= 15 is 0 Å². The number of hydrogen-bond donors (Lipinski definition) is 0. The van der Waals surface area contributed by atoms with Crippen molar-refractivity contribution < 1.29 is 19.0 Å². The van der Waals surface area contributed by atoms with Crippen LogP contribution in [0.1, 0.15) is 38.1 Å². The van der Waals surface area contributed by atoms with Crippen LogP contribution in [0.15, 0.2) is 49.2 Å². The molecule has 0 unspecified atom stereocenters. The summed E-state index contributed by atoms with van der Waals surface area (Å²) >= 11 is 6.84. The highest BCUT2D eigenvalue weighted by atomic mass is 79.9. The molecule has 0 saturated heterocycles. The molecule has 0 aliphatic heterocycles. The van der Waals surface area contributed by atoms with Gasteiger partial charge in [-0.1, -0.05) is 45.7 Å². The Morgan fingerprint density at radius 2 is 1.85 bits per heavy atom. The van der Waals surface area contributed by atoms with E-state index in [1.165, 1.54) is 25.1 Å². The van der Waals surface area contributed by atoms with Gasteiger partial charge >= 0.3 is 5.97 Å². The third-order valence-corrected chi connectivity index (χ3v) is 5.71. The van der Waals surface area contributed by atoms with E-state index < -0.39 is 12.1 Å². The van der Waals surface area contributed by atoms with Gasteiger partial charge in [0.2, 0.25) is 0 Å². The normalized spacial score (nSPS) is 12.4. The zero-order valence-corrected chi connectivity index (χ0v) is 21.9. The standard InChI is InChI=1S/C23H23Br2N3O5/c1-12(2)21-27-18-7-6-15(24)9-17(18)22(29)28(21)26-11-14-8-16(25)10-19(31-4)20(14)33-13(3)23(30)32-5/h6-13H,1-5H3/t13-/m1/s1. The second-order valence-electron chi connectivity index (χ2n) is 7.46. The van der Waals surface area contributed by atoms with Crippen molar-refractivity contribution >= 4 is 54.9 Å². The molecule has 0 amide bonds. The highest BCUT2D eigenvalue weighted by Crippen LogP contribution is 2.35. The Morgan fingerprint density at radius 3 is 2.48 bits per heavy atom. The molecule has 0 N–H and O–H groups in total. The van der Waals surface area contributed by atoms with Crippen molar-refractivity contribution in [2.75, 3.05) is 14.2 Å². The minimum Gasteiger partial charge on any atom is -0.493 e. The molecule has 0 fully saturated rings. The van der Waals surface area contributed by atoms with E-state index in [0.717, 1.165) is 4.47 Å². The number of fused-ring (bicyclic) bond motifs is 1. The Balaban J connectivity index is 2.17. The molecule has 0 saturated carbocycles. The lowest BCUT2D eigenvalue weighted by atomic mass is 10.2. The molecule has 33 heavy (non-hydrogen) atoms. The first-order valence-electron chi connectivity index (χ1n) is 10.0. The minimum absolute atomic E-state index is 0.0602. The van der Waals surface area contributed by atoms with Gasteiger partial charge in [-0.3, -0.25) is 4.79 Å². The van der Waals surface area contributed by atoms with E-state index in [-0.39, 0.29) is 17.2 Å². The van der Waals surface area contributed by atoms with Crippen LogP contribution in [0.25, 0.3) is 10.9 Å². The Morgan fingerprint density at radius 1 is 1.12 bits per heavy atom. The summed E-state index contributed by atoms with van der Waals surface area (Å²) in [7, 11) is 2.78. The molecule has 0 radical (unpaired) electrons. The average molecular weight is 581 g/mol. The van der Waals surface area contributed by atoms with E-state index in [4.69, 9.17) is 14.2 Å². The smallest absolute Gasteiger partial charge is 0.346 e. The van der Waals surface area contributed by atoms with Crippen molar-refractivity contribution in [2.24, 2.45) is 5.10 Å². The first-order valence-corrected chi connectivity index (χ1v) is 11.6.